The first-order chi connectivity index (χ1) is 15.0. The van der Waals surface area contributed by atoms with Gasteiger partial charge >= 0.3 is 0 Å². The third-order valence-electron chi connectivity index (χ3n) is 6.82. The molecular formula is C22H26N4O5. The van der Waals surface area contributed by atoms with Gasteiger partial charge in [0.2, 0.25) is 11.8 Å². The molecule has 1 aromatic carbocycles. The van der Waals surface area contributed by atoms with E-state index < -0.39 is 23.8 Å². The Balaban J connectivity index is 1.21. The Bertz CT molecular complexity index is 955. The van der Waals surface area contributed by atoms with Gasteiger partial charge in [-0.3, -0.25) is 29.4 Å². The van der Waals surface area contributed by atoms with Crippen LogP contribution < -0.4 is 16.0 Å². The van der Waals surface area contributed by atoms with Crippen LogP contribution in [0, 0.1) is 5.41 Å². The number of imide groups is 2. The maximum absolute atomic E-state index is 12.9. The average molecular weight is 426 g/mol. The van der Waals surface area contributed by atoms with Crippen molar-refractivity contribution >= 4 is 23.6 Å². The average Bonchev–Trinajstić information content (AvgIpc) is 3.44. The van der Waals surface area contributed by atoms with E-state index in [0.29, 0.717) is 17.7 Å². The van der Waals surface area contributed by atoms with Crippen LogP contribution in [0.2, 0.25) is 0 Å². The Morgan fingerprint density at radius 2 is 2.00 bits per heavy atom. The molecule has 4 amide bonds. The summed E-state index contributed by atoms with van der Waals surface area (Å²) in [5, 5.41) is 9.02. The van der Waals surface area contributed by atoms with Crippen molar-refractivity contribution in [2.24, 2.45) is 5.41 Å². The molecule has 0 radical (unpaired) electrons. The van der Waals surface area contributed by atoms with Crippen LogP contribution in [0.25, 0.3) is 0 Å². The standard InChI is InChI=1S/C22H26N4O5/c27-18-4-3-17(19(28)25-18)26-20(29)15-2-1-13(7-16(15)21(26)30)9-24-10-14-8-22(12-31-14)5-6-23-11-22/h1-2,7,14,17,23-24H,3-6,8-12H2,(H,25,27,28). The number of ether oxygens (including phenoxy) is 1. The van der Waals surface area contributed by atoms with E-state index in [1.807, 2.05) is 6.07 Å². The highest BCUT2D eigenvalue weighted by Gasteiger charge is 2.45. The highest BCUT2D eigenvalue weighted by molar-refractivity contribution is 6.23. The number of piperidine rings is 1. The summed E-state index contributed by atoms with van der Waals surface area (Å²) in [6.45, 7) is 4.17. The van der Waals surface area contributed by atoms with Crippen LogP contribution in [-0.2, 0) is 20.9 Å². The van der Waals surface area contributed by atoms with E-state index in [2.05, 4.69) is 16.0 Å². The molecule has 3 fully saturated rings. The second kappa shape index (κ2) is 7.81. The van der Waals surface area contributed by atoms with Gasteiger partial charge in [-0.05, 0) is 43.5 Å². The van der Waals surface area contributed by atoms with E-state index in [4.69, 9.17) is 4.74 Å². The number of hydrogen-bond donors (Lipinski definition) is 3. The maximum Gasteiger partial charge on any atom is 0.262 e. The van der Waals surface area contributed by atoms with Gasteiger partial charge in [-0.1, -0.05) is 6.07 Å². The fourth-order valence-electron chi connectivity index (χ4n) is 5.13. The Kier molecular flexibility index (Phi) is 5.11. The lowest BCUT2D eigenvalue weighted by atomic mass is 9.85. The Hall–Kier alpha value is -2.62. The van der Waals surface area contributed by atoms with Gasteiger partial charge in [-0.15, -0.1) is 0 Å². The van der Waals surface area contributed by atoms with Crippen molar-refractivity contribution in [3.8, 4) is 0 Å². The van der Waals surface area contributed by atoms with Crippen molar-refractivity contribution in [2.45, 2.75) is 44.4 Å². The van der Waals surface area contributed by atoms with Crippen LogP contribution in [0.5, 0.6) is 0 Å². The van der Waals surface area contributed by atoms with Gasteiger partial charge in [0.1, 0.15) is 6.04 Å². The summed E-state index contributed by atoms with van der Waals surface area (Å²) in [5.41, 5.74) is 1.78. The molecule has 3 saturated heterocycles. The Labute approximate surface area is 179 Å². The molecule has 0 aromatic heterocycles. The first-order valence-corrected chi connectivity index (χ1v) is 10.8. The van der Waals surface area contributed by atoms with Crippen LogP contribution in [0.3, 0.4) is 0 Å². The summed E-state index contributed by atoms with van der Waals surface area (Å²) >= 11 is 0. The van der Waals surface area contributed by atoms with Gasteiger partial charge in [0.15, 0.2) is 0 Å². The number of amides is 4. The highest BCUT2D eigenvalue weighted by atomic mass is 16.5. The maximum atomic E-state index is 12.9. The minimum atomic E-state index is -0.941. The fraction of sp³-hybridized carbons (Fsp3) is 0.545. The van der Waals surface area contributed by atoms with Crippen LogP contribution in [-0.4, -0.2) is 66.9 Å². The zero-order valence-corrected chi connectivity index (χ0v) is 17.2. The van der Waals surface area contributed by atoms with Crippen molar-refractivity contribution in [3.63, 3.8) is 0 Å². The molecule has 3 N–H and O–H groups in total. The number of rotatable bonds is 5. The molecule has 3 unspecified atom stereocenters. The van der Waals surface area contributed by atoms with Gasteiger partial charge in [0, 0.05) is 31.5 Å². The van der Waals surface area contributed by atoms with Gasteiger partial charge in [0.05, 0.1) is 23.8 Å². The summed E-state index contributed by atoms with van der Waals surface area (Å²) in [7, 11) is 0. The van der Waals surface area contributed by atoms with E-state index in [0.717, 1.165) is 49.5 Å². The molecule has 1 spiro atoms. The lowest BCUT2D eigenvalue weighted by molar-refractivity contribution is -0.136. The SMILES string of the molecule is O=C1CCC(N2C(=O)c3ccc(CNCC4CC5(CCNC5)CO4)cc3C2=O)C(=O)N1. The molecular weight excluding hydrogens is 400 g/mol. The second-order valence-electron chi connectivity index (χ2n) is 9.02. The zero-order valence-electron chi connectivity index (χ0n) is 17.2. The van der Waals surface area contributed by atoms with Crippen molar-refractivity contribution < 1.29 is 23.9 Å². The predicted octanol–water partition coefficient (Wildman–Crippen LogP) is -0.0540. The molecule has 0 aliphatic carbocycles. The number of hydrogen-bond acceptors (Lipinski definition) is 7. The molecule has 5 rings (SSSR count). The number of carbonyl (C=O) groups excluding carboxylic acids is 4. The zero-order chi connectivity index (χ0) is 21.6. The van der Waals surface area contributed by atoms with E-state index in [1.54, 1.807) is 12.1 Å². The van der Waals surface area contributed by atoms with Gasteiger partial charge in [0.25, 0.3) is 11.8 Å². The molecule has 4 aliphatic rings. The molecule has 9 heteroatoms. The minimum Gasteiger partial charge on any atom is -0.376 e. The summed E-state index contributed by atoms with van der Waals surface area (Å²) < 4.78 is 5.96. The van der Waals surface area contributed by atoms with Crippen LogP contribution >= 0.6 is 0 Å². The number of benzene rings is 1. The van der Waals surface area contributed by atoms with E-state index in [1.165, 1.54) is 0 Å². The van der Waals surface area contributed by atoms with E-state index in [9.17, 15) is 19.2 Å². The summed E-state index contributed by atoms with van der Waals surface area (Å²) in [4.78, 5) is 50.2. The van der Waals surface area contributed by atoms with E-state index in [-0.39, 0.29) is 30.3 Å². The Morgan fingerprint density at radius 3 is 2.77 bits per heavy atom. The monoisotopic (exact) mass is 426 g/mol. The number of nitrogens with zero attached hydrogens (tertiary/aromatic N) is 1. The third-order valence-corrected chi connectivity index (χ3v) is 6.82. The molecule has 4 heterocycles. The summed E-state index contributed by atoms with van der Waals surface area (Å²) in [6.07, 6.45) is 2.66. The largest absolute Gasteiger partial charge is 0.376 e. The van der Waals surface area contributed by atoms with E-state index >= 15 is 0 Å². The summed E-state index contributed by atoms with van der Waals surface area (Å²) in [6, 6.07) is 4.24. The van der Waals surface area contributed by atoms with Gasteiger partial charge < -0.3 is 15.4 Å². The first-order valence-electron chi connectivity index (χ1n) is 10.8. The number of carbonyl (C=O) groups is 4. The smallest absolute Gasteiger partial charge is 0.262 e. The van der Waals surface area contributed by atoms with Crippen LogP contribution in [0.4, 0.5) is 0 Å². The quantitative estimate of drug-likeness (QED) is 0.565. The molecule has 0 saturated carbocycles. The molecule has 164 valence electrons. The van der Waals surface area contributed by atoms with Crippen molar-refractivity contribution in [3.05, 3.63) is 34.9 Å². The summed E-state index contributed by atoms with van der Waals surface area (Å²) in [5.74, 6) is -1.94. The lowest BCUT2D eigenvalue weighted by Gasteiger charge is -2.27. The molecule has 9 nitrogen and oxygen atoms in total. The normalized spacial score (nSPS) is 30.4. The van der Waals surface area contributed by atoms with Crippen molar-refractivity contribution in [1.29, 1.82) is 0 Å². The van der Waals surface area contributed by atoms with Crippen LogP contribution in [0.15, 0.2) is 18.2 Å². The van der Waals surface area contributed by atoms with Gasteiger partial charge in [-0.25, -0.2) is 0 Å². The first kappa shape index (κ1) is 20.3. The third kappa shape index (κ3) is 3.66. The number of nitrogens with one attached hydrogen (secondary N) is 3. The predicted molar refractivity (Wildman–Crippen MR) is 109 cm³/mol. The molecule has 0 bridgehead atoms. The number of fused-ring (bicyclic) bond motifs is 1. The molecule has 3 atom stereocenters. The second-order valence-corrected chi connectivity index (χ2v) is 9.02. The Morgan fingerprint density at radius 1 is 1.16 bits per heavy atom. The van der Waals surface area contributed by atoms with Crippen molar-refractivity contribution in [1.82, 2.24) is 20.9 Å². The lowest BCUT2D eigenvalue weighted by Crippen LogP contribution is -2.54. The topological polar surface area (TPSA) is 117 Å². The highest BCUT2D eigenvalue weighted by Crippen LogP contribution is 2.37. The fourth-order valence-corrected chi connectivity index (χ4v) is 5.13. The minimum absolute atomic E-state index is 0.111. The molecule has 31 heavy (non-hydrogen) atoms. The molecule has 1 aromatic rings. The van der Waals surface area contributed by atoms with Gasteiger partial charge in [-0.2, -0.15) is 0 Å². The van der Waals surface area contributed by atoms with Crippen molar-refractivity contribution in [2.75, 3.05) is 26.2 Å². The van der Waals surface area contributed by atoms with Crippen LogP contribution in [0.1, 0.15) is 52.0 Å². The molecule has 4 aliphatic heterocycles.